The Balaban J connectivity index is 1.70. The van der Waals surface area contributed by atoms with Crippen LogP contribution in [0.1, 0.15) is 44.6 Å². The fourth-order valence-corrected chi connectivity index (χ4v) is 3.54. The zero-order valence-corrected chi connectivity index (χ0v) is 17.0. The highest BCUT2D eigenvalue weighted by Gasteiger charge is 2.23. The summed E-state index contributed by atoms with van der Waals surface area (Å²) >= 11 is 1.16. The molecule has 28 heavy (non-hydrogen) atoms. The van der Waals surface area contributed by atoms with Crippen LogP contribution in [0.3, 0.4) is 0 Å². The van der Waals surface area contributed by atoms with Crippen LogP contribution in [0.2, 0.25) is 0 Å². The van der Waals surface area contributed by atoms with Gasteiger partial charge in [-0.25, -0.2) is 4.79 Å². The number of carbonyl (C=O) groups excluding carboxylic acids is 2. The number of nitrogens with zero attached hydrogens (tertiary/aromatic N) is 2. The van der Waals surface area contributed by atoms with Crippen molar-refractivity contribution in [2.75, 3.05) is 12.4 Å². The zero-order valence-electron chi connectivity index (χ0n) is 16.2. The molecule has 0 aliphatic rings. The van der Waals surface area contributed by atoms with E-state index in [1.165, 1.54) is 0 Å². The Morgan fingerprint density at radius 2 is 2.00 bits per heavy atom. The molecule has 3 aromatic rings. The van der Waals surface area contributed by atoms with Gasteiger partial charge in [0.15, 0.2) is 5.78 Å². The van der Waals surface area contributed by atoms with Gasteiger partial charge < -0.3 is 14.1 Å². The van der Waals surface area contributed by atoms with Crippen LogP contribution in [-0.4, -0.2) is 39.3 Å². The summed E-state index contributed by atoms with van der Waals surface area (Å²) in [6.07, 6.45) is 0. The summed E-state index contributed by atoms with van der Waals surface area (Å²) in [5.74, 6) is -0.0647. The van der Waals surface area contributed by atoms with Gasteiger partial charge in [-0.05, 0) is 45.4 Å². The number of carbonyl (C=O) groups is 2. The van der Waals surface area contributed by atoms with E-state index in [0.717, 1.165) is 22.9 Å². The van der Waals surface area contributed by atoms with Gasteiger partial charge in [-0.2, -0.15) is 0 Å². The van der Waals surface area contributed by atoms with Crippen molar-refractivity contribution in [3.05, 3.63) is 52.3 Å². The number of rotatable bonds is 7. The molecule has 0 atom stereocenters. The molecule has 1 N–H and O–H groups in total. The van der Waals surface area contributed by atoms with Crippen LogP contribution >= 0.6 is 11.8 Å². The largest absolute Gasteiger partial charge is 0.462 e. The minimum atomic E-state index is -0.430. The second-order valence-corrected chi connectivity index (χ2v) is 7.23. The van der Waals surface area contributed by atoms with E-state index in [1.807, 2.05) is 31.2 Å². The number of aromatic amines is 1. The Kier molecular flexibility index (Phi) is 5.99. The molecule has 146 valence electrons. The minimum absolute atomic E-state index is 0.110. The molecule has 0 amide bonds. The molecule has 0 bridgehead atoms. The minimum Gasteiger partial charge on any atom is -0.462 e. The lowest BCUT2D eigenvalue weighted by molar-refractivity contribution is 0.0525. The van der Waals surface area contributed by atoms with Crippen LogP contribution in [0.15, 0.2) is 33.9 Å². The van der Waals surface area contributed by atoms with E-state index in [9.17, 15) is 9.59 Å². The van der Waals surface area contributed by atoms with E-state index in [1.54, 1.807) is 20.8 Å². The summed E-state index contributed by atoms with van der Waals surface area (Å²) in [5.41, 5.74) is 3.94. The Hall–Kier alpha value is -2.87. The van der Waals surface area contributed by atoms with Gasteiger partial charge in [-0.3, -0.25) is 4.79 Å². The maximum atomic E-state index is 12.6. The highest BCUT2D eigenvalue weighted by Crippen LogP contribution is 2.26. The van der Waals surface area contributed by atoms with E-state index < -0.39 is 5.97 Å². The maximum absolute atomic E-state index is 12.6. The summed E-state index contributed by atoms with van der Waals surface area (Å²) in [6, 6.07) is 7.75. The molecule has 3 rings (SSSR count). The Morgan fingerprint density at radius 3 is 2.71 bits per heavy atom. The van der Waals surface area contributed by atoms with Crippen molar-refractivity contribution in [3.8, 4) is 11.5 Å². The summed E-state index contributed by atoms with van der Waals surface area (Å²) in [6.45, 7) is 7.49. The number of aromatic nitrogens is 3. The number of H-pyrrole nitrogens is 1. The van der Waals surface area contributed by atoms with Crippen LogP contribution in [-0.2, 0) is 4.74 Å². The number of benzene rings is 1. The summed E-state index contributed by atoms with van der Waals surface area (Å²) in [4.78, 5) is 27.7. The molecule has 8 heteroatoms. The first-order chi connectivity index (χ1) is 13.4. The highest BCUT2D eigenvalue weighted by atomic mass is 32.2. The molecule has 7 nitrogen and oxygen atoms in total. The van der Waals surface area contributed by atoms with Gasteiger partial charge in [0.1, 0.15) is 0 Å². The molecule has 1 aromatic carbocycles. The molecular formula is C20H21N3O4S. The van der Waals surface area contributed by atoms with Crippen molar-refractivity contribution in [3.63, 3.8) is 0 Å². The smallest absolute Gasteiger partial charge is 0.340 e. The predicted molar refractivity (Wildman–Crippen MR) is 106 cm³/mol. The third-order valence-corrected chi connectivity index (χ3v) is 5.01. The number of nitrogens with one attached hydrogen (secondary N) is 1. The standard InChI is InChI=1S/C20H21N3O4S/c1-5-26-19(25)16-12(3)17(21-13(16)4)15(24)10-28-20-23-22-18(27-20)14-8-6-7-11(2)9-14/h6-9,21H,5,10H2,1-4H3. The number of Topliss-reactive ketones (excluding diaryl/α,β-unsaturated/α-hetero) is 1. The first-order valence-electron chi connectivity index (χ1n) is 8.83. The molecule has 0 fully saturated rings. The van der Waals surface area contributed by atoms with E-state index in [4.69, 9.17) is 9.15 Å². The average Bonchev–Trinajstić information content (AvgIpc) is 3.24. The fraction of sp³-hybridized carbons (Fsp3) is 0.300. The van der Waals surface area contributed by atoms with Crippen molar-refractivity contribution >= 4 is 23.5 Å². The molecule has 0 spiro atoms. The molecule has 0 radical (unpaired) electrons. The van der Waals surface area contributed by atoms with Gasteiger partial charge in [-0.1, -0.05) is 29.5 Å². The predicted octanol–water partition coefficient (Wildman–Crippen LogP) is 4.14. The van der Waals surface area contributed by atoms with Crippen molar-refractivity contribution in [2.45, 2.75) is 32.9 Å². The average molecular weight is 399 g/mol. The molecule has 0 saturated carbocycles. The number of hydrogen-bond acceptors (Lipinski definition) is 7. The molecule has 2 heterocycles. The van der Waals surface area contributed by atoms with Gasteiger partial charge in [0, 0.05) is 11.3 Å². The lowest BCUT2D eigenvalue weighted by Crippen LogP contribution is -2.08. The van der Waals surface area contributed by atoms with Crippen LogP contribution in [0.25, 0.3) is 11.5 Å². The van der Waals surface area contributed by atoms with Crippen molar-refractivity contribution in [1.82, 2.24) is 15.2 Å². The molecular weight excluding hydrogens is 378 g/mol. The normalized spacial score (nSPS) is 10.9. The number of hydrogen-bond donors (Lipinski definition) is 1. The molecule has 0 saturated heterocycles. The van der Waals surface area contributed by atoms with Crippen molar-refractivity contribution in [2.24, 2.45) is 0 Å². The van der Waals surface area contributed by atoms with Crippen LogP contribution in [0, 0.1) is 20.8 Å². The van der Waals surface area contributed by atoms with E-state index in [0.29, 0.717) is 33.6 Å². The topological polar surface area (TPSA) is 98.1 Å². The lowest BCUT2D eigenvalue weighted by Gasteiger charge is -2.02. The number of ketones is 1. The maximum Gasteiger partial charge on any atom is 0.340 e. The van der Waals surface area contributed by atoms with E-state index in [2.05, 4.69) is 15.2 Å². The van der Waals surface area contributed by atoms with Gasteiger partial charge in [0.05, 0.1) is 23.6 Å². The Bertz CT molecular complexity index is 1020. The first kappa shape index (κ1) is 19.9. The number of ether oxygens (including phenoxy) is 1. The second-order valence-electron chi connectivity index (χ2n) is 6.30. The monoisotopic (exact) mass is 399 g/mol. The molecule has 0 aliphatic carbocycles. The lowest BCUT2D eigenvalue weighted by atomic mass is 10.1. The molecule has 0 aliphatic heterocycles. The third kappa shape index (κ3) is 4.17. The summed E-state index contributed by atoms with van der Waals surface area (Å²) in [5, 5.41) is 8.35. The van der Waals surface area contributed by atoms with E-state index in [-0.39, 0.29) is 18.1 Å². The SMILES string of the molecule is CCOC(=O)c1c(C)[nH]c(C(=O)CSc2nnc(-c3cccc(C)c3)o2)c1C. The summed E-state index contributed by atoms with van der Waals surface area (Å²) in [7, 11) is 0. The Labute approximate surface area is 166 Å². The van der Waals surface area contributed by atoms with Crippen LogP contribution in [0.5, 0.6) is 0 Å². The molecule has 2 aromatic heterocycles. The van der Waals surface area contributed by atoms with Crippen molar-refractivity contribution in [1.29, 1.82) is 0 Å². The molecule has 0 unspecified atom stereocenters. The highest BCUT2D eigenvalue weighted by molar-refractivity contribution is 7.99. The third-order valence-electron chi connectivity index (χ3n) is 4.19. The zero-order chi connectivity index (χ0) is 20.3. The fourth-order valence-electron chi connectivity index (χ4n) is 2.90. The van der Waals surface area contributed by atoms with Gasteiger partial charge in [-0.15, -0.1) is 10.2 Å². The van der Waals surface area contributed by atoms with Crippen LogP contribution in [0.4, 0.5) is 0 Å². The Morgan fingerprint density at radius 1 is 1.21 bits per heavy atom. The number of aryl methyl sites for hydroxylation is 2. The van der Waals surface area contributed by atoms with Gasteiger partial charge in [0.25, 0.3) is 5.22 Å². The summed E-state index contributed by atoms with van der Waals surface area (Å²) < 4.78 is 10.7. The quantitative estimate of drug-likeness (QED) is 0.362. The van der Waals surface area contributed by atoms with Gasteiger partial charge in [0.2, 0.25) is 5.89 Å². The first-order valence-corrected chi connectivity index (χ1v) is 9.82. The van der Waals surface area contributed by atoms with Crippen molar-refractivity contribution < 1.29 is 18.7 Å². The van der Waals surface area contributed by atoms with Gasteiger partial charge >= 0.3 is 5.97 Å². The van der Waals surface area contributed by atoms with E-state index >= 15 is 0 Å². The second kappa shape index (κ2) is 8.43. The number of thioether (sulfide) groups is 1. The van der Waals surface area contributed by atoms with Crippen LogP contribution < -0.4 is 0 Å². The number of esters is 1.